The summed E-state index contributed by atoms with van der Waals surface area (Å²) in [5.41, 5.74) is 2.57. The van der Waals surface area contributed by atoms with Crippen molar-refractivity contribution in [2.75, 3.05) is 13.6 Å². The quantitative estimate of drug-likeness (QED) is 0.226. The number of hydrogen-bond acceptors (Lipinski definition) is 6. The smallest absolute Gasteiger partial charge is 0.256 e. The van der Waals surface area contributed by atoms with Crippen molar-refractivity contribution in [3.63, 3.8) is 0 Å². The van der Waals surface area contributed by atoms with Crippen LogP contribution in [0.25, 0.3) is 10.9 Å². The first-order chi connectivity index (χ1) is 19.7. The summed E-state index contributed by atoms with van der Waals surface area (Å²) in [6.45, 7) is 0.286. The lowest BCUT2D eigenvalue weighted by Crippen LogP contribution is -2.54. The third kappa shape index (κ3) is 6.17. The van der Waals surface area contributed by atoms with E-state index in [0.717, 1.165) is 11.1 Å². The van der Waals surface area contributed by atoms with Crippen LogP contribution >= 0.6 is 0 Å². The monoisotopic (exact) mass is 556 g/mol. The van der Waals surface area contributed by atoms with Gasteiger partial charge in [0.05, 0.1) is 11.7 Å². The largest absolute Gasteiger partial charge is 0.508 e. The molecule has 1 saturated heterocycles. The predicted molar refractivity (Wildman–Crippen MR) is 152 cm³/mol. The van der Waals surface area contributed by atoms with Gasteiger partial charge in [-0.05, 0) is 41.5 Å². The zero-order valence-corrected chi connectivity index (χ0v) is 22.5. The molecule has 1 aromatic heterocycles. The maximum Gasteiger partial charge on any atom is 0.256 e. The van der Waals surface area contributed by atoms with Gasteiger partial charge in [-0.3, -0.25) is 14.4 Å². The molecule has 0 saturated carbocycles. The molecule has 5 rings (SSSR count). The Balaban J connectivity index is 1.37. The average Bonchev–Trinajstić information content (AvgIpc) is 3.57. The van der Waals surface area contributed by atoms with E-state index < -0.39 is 30.0 Å². The van der Waals surface area contributed by atoms with Crippen molar-refractivity contribution in [2.24, 2.45) is 0 Å². The van der Waals surface area contributed by atoms with Crippen LogP contribution in [-0.2, 0) is 22.6 Å². The van der Waals surface area contributed by atoms with Crippen molar-refractivity contribution < 1.29 is 29.7 Å². The summed E-state index contributed by atoms with van der Waals surface area (Å²) < 4.78 is 0. The highest BCUT2D eigenvalue weighted by Crippen LogP contribution is 2.27. The highest BCUT2D eigenvalue weighted by atomic mass is 16.3. The second-order valence-electron chi connectivity index (χ2n) is 10.4. The van der Waals surface area contributed by atoms with E-state index >= 15 is 0 Å². The van der Waals surface area contributed by atoms with Crippen molar-refractivity contribution in [3.8, 4) is 11.5 Å². The molecule has 3 aromatic carbocycles. The lowest BCUT2D eigenvalue weighted by molar-refractivity contribution is -0.136. The van der Waals surface area contributed by atoms with E-state index in [-0.39, 0.29) is 42.4 Å². The first-order valence-corrected chi connectivity index (χ1v) is 13.4. The number of hydrogen-bond donors (Lipinski definition) is 5. The third-order valence-electron chi connectivity index (χ3n) is 7.37. The molecule has 5 N–H and O–H groups in total. The van der Waals surface area contributed by atoms with Crippen LogP contribution < -0.4 is 5.32 Å². The van der Waals surface area contributed by atoms with Crippen LogP contribution in [-0.4, -0.2) is 79.6 Å². The van der Waals surface area contributed by atoms with Crippen molar-refractivity contribution in [1.29, 1.82) is 0 Å². The Bertz CT molecular complexity index is 1550. The minimum atomic E-state index is -1.01. The van der Waals surface area contributed by atoms with Gasteiger partial charge in [0, 0.05) is 50.1 Å². The molecule has 0 aliphatic carbocycles. The number of aliphatic hydroxyl groups excluding tert-OH is 1. The van der Waals surface area contributed by atoms with Crippen LogP contribution in [0.15, 0.2) is 79.0 Å². The highest BCUT2D eigenvalue weighted by molar-refractivity contribution is 6.08. The predicted octanol–water partition coefficient (Wildman–Crippen LogP) is 2.54. The first-order valence-electron chi connectivity index (χ1n) is 13.4. The average molecular weight is 557 g/mol. The summed E-state index contributed by atoms with van der Waals surface area (Å²) in [6.07, 6.45) is 0.780. The zero-order valence-electron chi connectivity index (χ0n) is 22.5. The molecule has 1 aliphatic heterocycles. The number of rotatable bonds is 8. The number of phenolic OH excluding ortho intramolecular Hbond substituents is 2. The molecule has 10 heteroatoms. The zero-order chi connectivity index (χ0) is 29.1. The second-order valence-corrected chi connectivity index (χ2v) is 10.4. The molecule has 1 aliphatic rings. The Labute approximate surface area is 236 Å². The van der Waals surface area contributed by atoms with Crippen molar-refractivity contribution in [2.45, 2.75) is 37.6 Å². The first kappa shape index (κ1) is 27.7. The minimum Gasteiger partial charge on any atom is -0.508 e. The Morgan fingerprint density at radius 2 is 1.71 bits per heavy atom. The summed E-state index contributed by atoms with van der Waals surface area (Å²) in [5, 5.41) is 33.4. The highest BCUT2D eigenvalue weighted by Gasteiger charge is 2.41. The summed E-state index contributed by atoms with van der Waals surface area (Å²) >= 11 is 0. The minimum absolute atomic E-state index is 0.00268. The number of carbonyl (C=O) groups is 3. The second kappa shape index (κ2) is 11.7. The van der Waals surface area contributed by atoms with E-state index in [2.05, 4.69) is 10.3 Å². The number of carbonyl (C=O) groups excluding carboxylic acids is 3. The van der Waals surface area contributed by atoms with Gasteiger partial charge in [-0.2, -0.15) is 0 Å². The van der Waals surface area contributed by atoms with E-state index in [9.17, 15) is 29.7 Å². The van der Waals surface area contributed by atoms with Crippen LogP contribution in [0.3, 0.4) is 0 Å². The lowest BCUT2D eigenvalue weighted by Gasteiger charge is -2.28. The van der Waals surface area contributed by atoms with Crippen molar-refractivity contribution in [3.05, 3.63) is 95.7 Å². The molecule has 3 unspecified atom stereocenters. The van der Waals surface area contributed by atoms with Gasteiger partial charge in [-0.25, -0.2) is 0 Å². The topological polar surface area (TPSA) is 146 Å². The number of benzene rings is 3. The van der Waals surface area contributed by atoms with E-state index in [0.29, 0.717) is 17.4 Å². The molecule has 41 heavy (non-hydrogen) atoms. The Hall–Kier alpha value is -4.83. The number of likely N-dealkylation sites (tertiary alicyclic amines) is 1. The van der Waals surface area contributed by atoms with Gasteiger partial charge in [-0.1, -0.05) is 42.5 Å². The van der Waals surface area contributed by atoms with Crippen LogP contribution in [0.1, 0.15) is 27.9 Å². The standard InChI is InChI=1S/C31H32N4O6/c1-34(17-20-5-3-2-4-6-20)31(41)27(13-19-7-9-21(36)10-8-19)33-29(39)28-15-23(38)18-35(28)30(40)25-16-32-26-12-11-22(37)14-24(25)26/h2-12,14,16,23,27-28,32,36-38H,13,15,17-18H2,1H3,(H,33,39). The molecule has 3 amide bonds. The Morgan fingerprint density at radius 1 is 1.00 bits per heavy atom. The molecule has 0 bridgehead atoms. The van der Waals surface area contributed by atoms with Crippen LogP contribution in [0.2, 0.25) is 0 Å². The normalized spacial score (nSPS) is 17.4. The van der Waals surface area contributed by atoms with Crippen molar-refractivity contribution in [1.82, 2.24) is 20.1 Å². The molecular formula is C31H32N4O6. The van der Waals surface area contributed by atoms with Crippen LogP contribution in [0, 0.1) is 0 Å². The molecule has 0 radical (unpaired) electrons. The number of likely N-dealkylation sites (N-methyl/N-ethyl adjacent to an activating group) is 1. The number of aromatic nitrogens is 1. The molecular weight excluding hydrogens is 524 g/mol. The number of nitrogens with zero attached hydrogens (tertiary/aromatic N) is 2. The van der Waals surface area contributed by atoms with Gasteiger partial charge < -0.3 is 35.4 Å². The number of H-pyrrole nitrogens is 1. The number of phenols is 2. The summed E-state index contributed by atoms with van der Waals surface area (Å²) in [4.78, 5) is 46.7. The van der Waals surface area contributed by atoms with Gasteiger partial charge in [0.2, 0.25) is 11.8 Å². The maximum atomic E-state index is 13.7. The molecule has 3 atom stereocenters. The number of β-amino-alcohol motifs (C(OH)–C–C–N with tert-alkyl or cyclic N) is 1. The fourth-order valence-corrected chi connectivity index (χ4v) is 5.26. The molecule has 2 heterocycles. The Kier molecular flexibility index (Phi) is 7.93. The number of nitrogens with one attached hydrogen (secondary N) is 2. The molecule has 4 aromatic rings. The van der Waals surface area contributed by atoms with Gasteiger partial charge >= 0.3 is 0 Å². The number of fused-ring (bicyclic) bond motifs is 1. The fraction of sp³-hybridized carbons (Fsp3) is 0.258. The van der Waals surface area contributed by atoms with Crippen LogP contribution in [0.5, 0.6) is 11.5 Å². The van der Waals surface area contributed by atoms with Crippen LogP contribution in [0.4, 0.5) is 0 Å². The van der Waals surface area contributed by atoms with Gasteiger partial charge in [0.25, 0.3) is 5.91 Å². The number of aromatic hydroxyl groups is 2. The third-order valence-corrected chi connectivity index (χ3v) is 7.37. The molecule has 0 spiro atoms. The van der Waals surface area contributed by atoms with Gasteiger partial charge in [0.15, 0.2) is 0 Å². The van der Waals surface area contributed by atoms with E-state index in [1.54, 1.807) is 25.2 Å². The molecule has 212 valence electrons. The van der Waals surface area contributed by atoms with E-state index in [1.165, 1.54) is 40.3 Å². The SMILES string of the molecule is CN(Cc1ccccc1)C(=O)C(Cc1ccc(O)cc1)NC(=O)C1CC(O)CN1C(=O)c1c[nH]c2ccc(O)cc12. The molecule has 1 fully saturated rings. The lowest BCUT2D eigenvalue weighted by atomic mass is 10.0. The Morgan fingerprint density at radius 3 is 2.44 bits per heavy atom. The maximum absolute atomic E-state index is 13.7. The van der Waals surface area contributed by atoms with Crippen molar-refractivity contribution >= 4 is 28.6 Å². The summed E-state index contributed by atoms with van der Waals surface area (Å²) in [7, 11) is 1.66. The summed E-state index contributed by atoms with van der Waals surface area (Å²) in [6, 6.07) is 18.5. The summed E-state index contributed by atoms with van der Waals surface area (Å²) in [5.74, 6) is -1.26. The van der Waals surface area contributed by atoms with Gasteiger partial charge in [-0.15, -0.1) is 0 Å². The molecule has 10 nitrogen and oxygen atoms in total. The number of amides is 3. The van der Waals surface area contributed by atoms with E-state index in [1.807, 2.05) is 30.3 Å². The van der Waals surface area contributed by atoms with Gasteiger partial charge in [0.1, 0.15) is 23.6 Å². The van der Waals surface area contributed by atoms with E-state index in [4.69, 9.17) is 0 Å². The fourth-order valence-electron chi connectivity index (χ4n) is 5.26. The number of aliphatic hydroxyl groups is 1. The number of aromatic amines is 1.